The first-order valence-corrected chi connectivity index (χ1v) is 7.04. The van der Waals surface area contributed by atoms with Crippen molar-refractivity contribution < 1.29 is 4.79 Å². The predicted molar refractivity (Wildman–Crippen MR) is 82.3 cm³/mol. The summed E-state index contributed by atoms with van der Waals surface area (Å²) in [6.07, 6.45) is 0.456. The SMILES string of the molecule is CCC(=O)N(c1ccc(Cl)c(Cl)c1)C(C)CN(C)C. The number of anilines is 1. The molecule has 0 aliphatic rings. The molecule has 0 aliphatic heterocycles. The van der Waals surface area contributed by atoms with Crippen molar-refractivity contribution in [1.82, 2.24) is 4.90 Å². The van der Waals surface area contributed by atoms with Gasteiger partial charge in [0.05, 0.1) is 10.0 Å². The van der Waals surface area contributed by atoms with Crippen molar-refractivity contribution in [3.63, 3.8) is 0 Å². The van der Waals surface area contributed by atoms with Crippen LogP contribution in [0.25, 0.3) is 0 Å². The topological polar surface area (TPSA) is 23.6 Å². The molecule has 0 aromatic heterocycles. The fraction of sp³-hybridized carbons (Fsp3) is 0.500. The Kier molecular flexibility index (Phi) is 6.11. The van der Waals surface area contributed by atoms with Crippen LogP contribution in [0.2, 0.25) is 10.0 Å². The molecule has 0 heterocycles. The summed E-state index contributed by atoms with van der Waals surface area (Å²) in [6.45, 7) is 4.66. The summed E-state index contributed by atoms with van der Waals surface area (Å²) < 4.78 is 0. The first-order valence-electron chi connectivity index (χ1n) is 6.28. The molecule has 0 saturated carbocycles. The maximum Gasteiger partial charge on any atom is 0.226 e. The van der Waals surface area contributed by atoms with Crippen molar-refractivity contribution >= 4 is 34.8 Å². The Bertz CT molecular complexity index is 449. The lowest BCUT2D eigenvalue weighted by Gasteiger charge is -2.31. The summed E-state index contributed by atoms with van der Waals surface area (Å²) in [4.78, 5) is 16.0. The minimum Gasteiger partial charge on any atom is -0.308 e. The van der Waals surface area contributed by atoms with Crippen LogP contribution in [0.4, 0.5) is 5.69 Å². The van der Waals surface area contributed by atoms with Gasteiger partial charge in [0.15, 0.2) is 0 Å². The van der Waals surface area contributed by atoms with Crippen LogP contribution in [0.15, 0.2) is 18.2 Å². The van der Waals surface area contributed by atoms with Crippen LogP contribution >= 0.6 is 23.2 Å². The van der Waals surface area contributed by atoms with Gasteiger partial charge in [-0.25, -0.2) is 0 Å². The van der Waals surface area contributed by atoms with E-state index in [4.69, 9.17) is 23.2 Å². The van der Waals surface area contributed by atoms with Crippen molar-refractivity contribution in [3.8, 4) is 0 Å². The maximum absolute atomic E-state index is 12.2. The summed E-state index contributed by atoms with van der Waals surface area (Å²) in [7, 11) is 3.97. The zero-order chi connectivity index (χ0) is 14.6. The lowest BCUT2D eigenvalue weighted by atomic mass is 10.2. The fourth-order valence-corrected chi connectivity index (χ4v) is 2.35. The number of carbonyl (C=O) groups excluding carboxylic acids is 1. The third-order valence-corrected chi connectivity index (χ3v) is 3.56. The second-order valence-electron chi connectivity index (χ2n) is 4.83. The van der Waals surface area contributed by atoms with E-state index in [-0.39, 0.29) is 11.9 Å². The van der Waals surface area contributed by atoms with E-state index < -0.39 is 0 Å². The summed E-state index contributed by atoms with van der Waals surface area (Å²) in [6, 6.07) is 5.36. The molecule has 0 bridgehead atoms. The molecule has 3 nitrogen and oxygen atoms in total. The lowest BCUT2D eigenvalue weighted by molar-refractivity contribution is -0.118. The molecule has 0 aliphatic carbocycles. The van der Waals surface area contributed by atoms with Crippen molar-refractivity contribution in [2.45, 2.75) is 26.3 Å². The third kappa shape index (κ3) is 4.37. The van der Waals surface area contributed by atoms with Crippen molar-refractivity contribution in [1.29, 1.82) is 0 Å². The van der Waals surface area contributed by atoms with E-state index in [0.717, 1.165) is 12.2 Å². The van der Waals surface area contributed by atoms with E-state index in [1.165, 1.54) is 0 Å². The van der Waals surface area contributed by atoms with Gasteiger partial charge in [-0.3, -0.25) is 4.79 Å². The zero-order valence-corrected chi connectivity index (χ0v) is 13.3. The molecule has 1 aromatic rings. The molecular weight excluding hydrogens is 283 g/mol. The Morgan fingerprint density at radius 2 is 1.89 bits per heavy atom. The monoisotopic (exact) mass is 302 g/mol. The molecule has 1 rings (SSSR count). The van der Waals surface area contributed by atoms with E-state index >= 15 is 0 Å². The second kappa shape index (κ2) is 7.13. The normalized spacial score (nSPS) is 12.6. The minimum atomic E-state index is 0.0692. The molecule has 19 heavy (non-hydrogen) atoms. The summed E-state index contributed by atoms with van der Waals surface area (Å²) >= 11 is 12.0. The van der Waals surface area contributed by atoms with Crippen LogP contribution in [0.1, 0.15) is 20.3 Å². The highest BCUT2D eigenvalue weighted by molar-refractivity contribution is 6.42. The molecule has 1 amide bonds. The standard InChI is InChI=1S/C14H20Cl2N2O/c1-5-14(19)18(10(2)9-17(3)4)11-6-7-12(15)13(16)8-11/h6-8,10H,5,9H2,1-4H3. The minimum absolute atomic E-state index is 0.0692. The fourth-order valence-electron chi connectivity index (χ4n) is 2.06. The Morgan fingerprint density at radius 1 is 1.26 bits per heavy atom. The molecule has 5 heteroatoms. The van der Waals surface area contributed by atoms with Crippen LogP contribution in [0.5, 0.6) is 0 Å². The quantitative estimate of drug-likeness (QED) is 0.828. The number of carbonyl (C=O) groups is 1. The number of amides is 1. The maximum atomic E-state index is 12.2. The predicted octanol–water partition coefficient (Wildman–Crippen LogP) is 3.69. The highest BCUT2D eigenvalue weighted by Gasteiger charge is 2.21. The van der Waals surface area contributed by atoms with E-state index in [1.54, 1.807) is 17.0 Å². The first-order chi connectivity index (χ1) is 8.86. The smallest absolute Gasteiger partial charge is 0.226 e. The Labute approximate surface area is 125 Å². The Balaban J connectivity index is 3.08. The highest BCUT2D eigenvalue weighted by atomic mass is 35.5. The van der Waals surface area contributed by atoms with Crippen molar-refractivity contribution in [2.24, 2.45) is 0 Å². The third-order valence-electron chi connectivity index (χ3n) is 2.82. The van der Waals surface area contributed by atoms with E-state index in [0.29, 0.717) is 16.5 Å². The van der Waals surface area contributed by atoms with Crippen LogP contribution in [-0.2, 0) is 4.79 Å². The number of nitrogens with zero attached hydrogens (tertiary/aromatic N) is 2. The summed E-state index contributed by atoms with van der Waals surface area (Å²) in [5.41, 5.74) is 0.788. The molecule has 1 aromatic carbocycles. The second-order valence-corrected chi connectivity index (χ2v) is 5.64. The number of rotatable bonds is 5. The summed E-state index contributed by atoms with van der Waals surface area (Å²) in [5.74, 6) is 0.0766. The van der Waals surface area contributed by atoms with Gasteiger partial charge < -0.3 is 9.80 Å². The van der Waals surface area contributed by atoms with Crippen LogP contribution in [0, 0.1) is 0 Å². The number of likely N-dealkylation sites (N-methyl/N-ethyl adjacent to an activating group) is 1. The molecule has 0 N–H and O–H groups in total. The molecule has 0 spiro atoms. The van der Waals surface area contributed by atoms with Gasteiger partial charge in [0, 0.05) is 24.7 Å². The largest absolute Gasteiger partial charge is 0.308 e. The molecular formula is C14H20Cl2N2O. The molecule has 0 saturated heterocycles. The van der Waals surface area contributed by atoms with Gasteiger partial charge in [0.1, 0.15) is 0 Å². The van der Waals surface area contributed by atoms with Gasteiger partial charge in [0.2, 0.25) is 5.91 Å². The van der Waals surface area contributed by atoms with Crippen molar-refractivity contribution in [3.05, 3.63) is 28.2 Å². The van der Waals surface area contributed by atoms with Gasteiger partial charge in [-0.15, -0.1) is 0 Å². The zero-order valence-electron chi connectivity index (χ0n) is 11.8. The molecule has 0 radical (unpaired) electrons. The van der Waals surface area contributed by atoms with Gasteiger partial charge in [0.25, 0.3) is 0 Å². The van der Waals surface area contributed by atoms with Gasteiger partial charge in [-0.2, -0.15) is 0 Å². The number of hydrogen-bond donors (Lipinski definition) is 0. The average Bonchev–Trinajstić information content (AvgIpc) is 2.32. The van der Waals surface area contributed by atoms with Crippen LogP contribution in [-0.4, -0.2) is 37.5 Å². The van der Waals surface area contributed by atoms with Gasteiger partial charge in [-0.1, -0.05) is 30.1 Å². The number of benzene rings is 1. The van der Waals surface area contributed by atoms with Crippen LogP contribution < -0.4 is 4.90 Å². The molecule has 106 valence electrons. The van der Waals surface area contributed by atoms with Gasteiger partial charge >= 0.3 is 0 Å². The van der Waals surface area contributed by atoms with Crippen LogP contribution in [0.3, 0.4) is 0 Å². The summed E-state index contributed by atoms with van der Waals surface area (Å²) in [5, 5.41) is 0.958. The van der Waals surface area contributed by atoms with Crippen molar-refractivity contribution in [2.75, 3.05) is 25.5 Å². The van der Waals surface area contributed by atoms with E-state index in [2.05, 4.69) is 4.90 Å². The molecule has 0 fully saturated rings. The molecule has 1 atom stereocenters. The Hall–Kier alpha value is -0.770. The molecule has 1 unspecified atom stereocenters. The highest BCUT2D eigenvalue weighted by Crippen LogP contribution is 2.28. The van der Waals surface area contributed by atoms with E-state index in [1.807, 2.05) is 34.0 Å². The first kappa shape index (κ1) is 16.3. The number of hydrogen-bond acceptors (Lipinski definition) is 2. The lowest BCUT2D eigenvalue weighted by Crippen LogP contribution is -2.43. The number of halogens is 2. The average molecular weight is 303 g/mol. The van der Waals surface area contributed by atoms with E-state index in [9.17, 15) is 4.79 Å². The Morgan fingerprint density at radius 3 is 2.37 bits per heavy atom. The van der Waals surface area contributed by atoms with Gasteiger partial charge in [-0.05, 0) is 39.2 Å².